The van der Waals surface area contributed by atoms with Crippen LogP contribution in [0.15, 0.2) is 42.5 Å². The molecule has 7 nitrogen and oxygen atoms in total. The molecular formula is C24H28N2O5. The number of hydrogen-bond acceptors (Lipinski definition) is 5. The largest absolute Gasteiger partial charge is 0.493 e. The van der Waals surface area contributed by atoms with Gasteiger partial charge in [0.25, 0.3) is 5.91 Å². The number of likely N-dealkylation sites (tertiary alicyclic amines) is 1. The predicted octanol–water partition coefficient (Wildman–Crippen LogP) is 3.99. The maximum absolute atomic E-state index is 12.9. The molecule has 1 saturated heterocycles. The number of carbonyl (C=O) groups is 2. The summed E-state index contributed by atoms with van der Waals surface area (Å²) in [5.41, 5.74) is 1.65. The quantitative estimate of drug-likeness (QED) is 0.680. The molecule has 0 unspecified atom stereocenters. The van der Waals surface area contributed by atoms with E-state index in [2.05, 4.69) is 5.32 Å². The van der Waals surface area contributed by atoms with E-state index in [0.29, 0.717) is 34.1 Å². The van der Waals surface area contributed by atoms with Crippen LogP contribution < -0.4 is 19.5 Å². The second-order valence-electron chi connectivity index (χ2n) is 7.14. The zero-order chi connectivity index (χ0) is 22.2. The minimum Gasteiger partial charge on any atom is -0.493 e. The number of piperidine rings is 1. The van der Waals surface area contributed by atoms with Crippen molar-refractivity contribution in [2.45, 2.75) is 19.3 Å². The molecule has 1 heterocycles. The van der Waals surface area contributed by atoms with Crippen molar-refractivity contribution in [1.82, 2.24) is 4.90 Å². The Bertz CT molecular complexity index is 964. The van der Waals surface area contributed by atoms with Gasteiger partial charge >= 0.3 is 0 Å². The fraction of sp³-hybridized carbons (Fsp3) is 0.333. The lowest BCUT2D eigenvalue weighted by atomic mass is 10.1. The topological polar surface area (TPSA) is 77.1 Å². The van der Waals surface area contributed by atoms with E-state index >= 15 is 0 Å². The molecule has 0 bridgehead atoms. The maximum Gasteiger partial charge on any atom is 0.255 e. The third kappa shape index (κ3) is 5.17. The Hall–Kier alpha value is -3.48. The summed E-state index contributed by atoms with van der Waals surface area (Å²) in [4.78, 5) is 27.4. The van der Waals surface area contributed by atoms with Gasteiger partial charge in [0, 0.05) is 24.7 Å². The Kier molecular flexibility index (Phi) is 7.54. The van der Waals surface area contributed by atoms with Gasteiger partial charge in [-0.2, -0.15) is 0 Å². The van der Waals surface area contributed by atoms with Crippen LogP contribution in [0.25, 0.3) is 6.08 Å². The number of carbonyl (C=O) groups excluding carboxylic acids is 2. The van der Waals surface area contributed by atoms with E-state index in [1.807, 2.05) is 4.90 Å². The molecule has 31 heavy (non-hydrogen) atoms. The minimum absolute atomic E-state index is 0.0545. The summed E-state index contributed by atoms with van der Waals surface area (Å²) in [6, 6.07) is 10.6. The molecule has 0 aliphatic carbocycles. The normalized spacial score (nSPS) is 13.7. The molecular weight excluding hydrogens is 396 g/mol. The molecule has 0 atom stereocenters. The van der Waals surface area contributed by atoms with Gasteiger partial charge in [-0.25, -0.2) is 0 Å². The van der Waals surface area contributed by atoms with Gasteiger partial charge in [0.15, 0.2) is 11.5 Å². The Balaban J connectivity index is 1.77. The number of para-hydroxylation sites is 1. The standard InChI is InChI=1S/C24H28N2O5/c1-29-20-13-11-17(22(30-2)23(20)31-3)12-14-21(27)25-19-10-6-5-9-18(19)24(28)26-15-7-4-8-16-26/h5-6,9-14H,4,7-8,15-16H2,1-3H3,(H,25,27)/b14-12+. The summed E-state index contributed by atoms with van der Waals surface area (Å²) in [5.74, 6) is 1.04. The fourth-order valence-corrected chi connectivity index (χ4v) is 3.64. The smallest absolute Gasteiger partial charge is 0.255 e. The molecule has 0 aromatic heterocycles. The van der Waals surface area contributed by atoms with Crippen LogP contribution in [-0.2, 0) is 4.79 Å². The number of nitrogens with zero attached hydrogens (tertiary/aromatic N) is 1. The van der Waals surface area contributed by atoms with Crippen molar-refractivity contribution in [2.75, 3.05) is 39.7 Å². The maximum atomic E-state index is 12.9. The number of nitrogens with one attached hydrogen (secondary N) is 1. The average Bonchev–Trinajstić information content (AvgIpc) is 2.82. The number of benzene rings is 2. The molecule has 2 aromatic rings. The number of hydrogen-bond donors (Lipinski definition) is 1. The Morgan fingerprint density at radius 3 is 2.29 bits per heavy atom. The van der Waals surface area contributed by atoms with Gasteiger partial charge in [-0.1, -0.05) is 12.1 Å². The van der Waals surface area contributed by atoms with E-state index in [-0.39, 0.29) is 11.8 Å². The molecule has 0 saturated carbocycles. The Morgan fingerprint density at radius 1 is 0.903 bits per heavy atom. The van der Waals surface area contributed by atoms with Gasteiger partial charge in [0.2, 0.25) is 11.7 Å². The van der Waals surface area contributed by atoms with Crippen LogP contribution in [0.4, 0.5) is 5.69 Å². The van der Waals surface area contributed by atoms with Crippen molar-refractivity contribution in [3.8, 4) is 17.2 Å². The van der Waals surface area contributed by atoms with Crippen molar-refractivity contribution >= 4 is 23.6 Å². The highest BCUT2D eigenvalue weighted by Crippen LogP contribution is 2.40. The first kappa shape index (κ1) is 22.2. The first-order chi connectivity index (χ1) is 15.1. The van der Waals surface area contributed by atoms with Gasteiger partial charge in [-0.3, -0.25) is 9.59 Å². The number of rotatable bonds is 7. The third-order valence-electron chi connectivity index (χ3n) is 5.21. The highest BCUT2D eigenvalue weighted by atomic mass is 16.5. The van der Waals surface area contributed by atoms with Crippen LogP contribution in [-0.4, -0.2) is 51.1 Å². The SMILES string of the molecule is COc1ccc(/C=C/C(=O)Nc2ccccc2C(=O)N2CCCCC2)c(OC)c1OC. The summed E-state index contributed by atoms with van der Waals surface area (Å²) in [6.45, 7) is 1.50. The Morgan fingerprint density at radius 2 is 1.61 bits per heavy atom. The van der Waals surface area contributed by atoms with Crippen molar-refractivity contribution < 1.29 is 23.8 Å². The molecule has 0 radical (unpaired) electrons. The van der Waals surface area contributed by atoms with E-state index in [4.69, 9.17) is 14.2 Å². The van der Waals surface area contributed by atoms with E-state index < -0.39 is 0 Å². The van der Waals surface area contributed by atoms with Gasteiger partial charge in [-0.15, -0.1) is 0 Å². The van der Waals surface area contributed by atoms with Crippen LogP contribution >= 0.6 is 0 Å². The van der Waals surface area contributed by atoms with Crippen LogP contribution in [0.2, 0.25) is 0 Å². The van der Waals surface area contributed by atoms with Gasteiger partial charge in [0.05, 0.1) is 32.6 Å². The van der Waals surface area contributed by atoms with Crippen LogP contribution in [0.5, 0.6) is 17.2 Å². The van der Waals surface area contributed by atoms with Crippen molar-refractivity contribution in [3.63, 3.8) is 0 Å². The fourth-order valence-electron chi connectivity index (χ4n) is 3.64. The van der Waals surface area contributed by atoms with Crippen molar-refractivity contribution in [2.24, 2.45) is 0 Å². The zero-order valence-electron chi connectivity index (χ0n) is 18.1. The number of amides is 2. The zero-order valence-corrected chi connectivity index (χ0v) is 18.1. The summed E-state index contributed by atoms with van der Waals surface area (Å²) < 4.78 is 16.1. The predicted molar refractivity (Wildman–Crippen MR) is 120 cm³/mol. The second kappa shape index (κ2) is 10.5. The lowest BCUT2D eigenvalue weighted by Crippen LogP contribution is -2.36. The lowest BCUT2D eigenvalue weighted by Gasteiger charge is -2.27. The van der Waals surface area contributed by atoms with Crippen molar-refractivity contribution in [1.29, 1.82) is 0 Å². The highest BCUT2D eigenvalue weighted by molar-refractivity contribution is 6.07. The minimum atomic E-state index is -0.351. The molecule has 1 aliphatic heterocycles. The van der Waals surface area contributed by atoms with E-state index in [1.165, 1.54) is 20.3 Å². The first-order valence-electron chi connectivity index (χ1n) is 10.3. The second-order valence-corrected chi connectivity index (χ2v) is 7.14. The molecule has 7 heteroatoms. The highest BCUT2D eigenvalue weighted by Gasteiger charge is 2.21. The molecule has 3 rings (SSSR count). The molecule has 1 N–H and O–H groups in total. The molecule has 1 aliphatic rings. The average molecular weight is 424 g/mol. The van der Waals surface area contributed by atoms with Crippen molar-refractivity contribution in [3.05, 3.63) is 53.6 Å². The molecule has 2 amide bonds. The monoisotopic (exact) mass is 424 g/mol. The summed E-state index contributed by atoms with van der Waals surface area (Å²) in [7, 11) is 4.59. The molecule has 164 valence electrons. The van der Waals surface area contributed by atoms with Gasteiger partial charge in [0.1, 0.15) is 0 Å². The van der Waals surface area contributed by atoms with E-state index in [0.717, 1.165) is 32.4 Å². The van der Waals surface area contributed by atoms with Gasteiger partial charge in [-0.05, 0) is 49.6 Å². The summed E-state index contributed by atoms with van der Waals surface area (Å²) in [6.07, 6.45) is 6.19. The Labute approximate surface area is 182 Å². The van der Waals surface area contributed by atoms with Crippen LogP contribution in [0, 0.1) is 0 Å². The summed E-state index contributed by atoms with van der Waals surface area (Å²) >= 11 is 0. The van der Waals surface area contributed by atoms with Crippen LogP contribution in [0.1, 0.15) is 35.2 Å². The number of methoxy groups -OCH3 is 3. The van der Waals surface area contributed by atoms with Crippen LogP contribution in [0.3, 0.4) is 0 Å². The summed E-state index contributed by atoms with van der Waals surface area (Å²) in [5, 5.41) is 2.82. The number of ether oxygens (including phenoxy) is 3. The first-order valence-corrected chi connectivity index (χ1v) is 10.3. The molecule has 0 spiro atoms. The molecule has 1 fully saturated rings. The lowest BCUT2D eigenvalue weighted by molar-refractivity contribution is -0.111. The van der Waals surface area contributed by atoms with E-state index in [1.54, 1.807) is 49.6 Å². The molecule has 2 aromatic carbocycles. The van der Waals surface area contributed by atoms with Gasteiger partial charge < -0.3 is 24.4 Å². The number of anilines is 1. The van der Waals surface area contributed by atoms with E-state index in [9.17, 15) is 9.59 Å². The third-order valence-corrected chi connectivity index (χ3v) is 5.21.